The normalized spacial score (nSPS) is 27.4. The number of nitrogens with zero attached hydrogens (tertiary/aromatic N) is 2. The fourth-order valence-corrected chi connectivity index (χ4v) is 4.57. The third-order valence-corrected chi connectivity index (χ3v) is 5.91. The zero-order valence-electron chi connectivity index (χ0n) is 16.5. The lowest BCUT2D eigenvalue weighted by Crippen LogP contribution is -2.67. The van der Waals surface area contributed by atoms with Gasteiger partial charge in [-0.2, -0.15) is 0 Å². The van der Waals surface area contributed by atoms with Crippen LogP contribution in [0.5, 0.6) is 11.5 Å². The molecule has 1 N–H and O–H groups in total. The quantitative estimate of drug-likeness (QED) is 0.402. The molecule has 3 aliphatic rings. The summed E-state index contributed by atoms with van der Waals surface area (Å²) in [7, 11) is 2.08. The Bertz CT molecular complexity index is 710. The summed E-state index contributed by atoms with van der Waals surface area (Å²) in [6.45, 7) is 9.36. The minimum absolute atomic E-state index is 0. The number of fused-ring (bicyclic) bond motifs is 2. The van der Waals surface area contributed by atoms with Gasteiger partial charge < -0.3 is 24.4 Å². The van der Waals surface area contributed by atoms with Crippen molar-refractivity contribution in [3.8, 4) is 11.5 Å². The van der Waals surface area contributed by atoms with Gasteiger partial charge in [0.1, 0.15) is 0 Å². The fourth-order valence-electron chi connectivity index (χ4n) is 4.57. The molecule has 2 fully saturated rings. The SMILES string of the molecule is CCN=C(NC1C2CCOC2C1(C)C)N(C)Cc1ccc2c(c1)OCO2.I. The van der Waals surface area contributed by atoms with E-state index in [0.29, 0.717) is 24.9 Å². The van der Waals surface area contributed by atoms with E-state index in [9.17, 15) is 0 Å². The predicted octanol–water partition coefficient (Wildman–Crippen LogP) is 3.24. The molecule has 3 unspecified atom stereocenters. The number of aliphatic imine (C=N–C) groups is 1. The van der Waals surface area contributed by atoms with Gasteiger partial charge in [0.2, 0.25) is 6.79 Å². The Hall–Kier alpha value is -1.22. The second-order valence-electron chi connectivity index (χ2n) is 8.03. The van der Waals surface area contributed by atoms with Gasteiger partial charge in [0.25, 0.3) is 0 Å². The maximum atomic E-state index is 5.92. The molecule has 0 radical (unpaired) electrons. The van der Waals surface area contributed by atoms with Crippen LogP contribution in [-0.4, -0.2) is 50.0 Å². The van der Waals surface area contributed by atoms with Gasteiger partial charge in [0, 0.05) is 44.1 Å². The Morgan fingerprint density at radius 3 is 2.85 bits per heavy atom. The number of ether oxygens (including phenoxy) is 3. The van der Waals surface area contributed by atoms with Gasteiger partial charge in [-0.1, -0.05) is 19.9 Å². The summed E-state index contributed by atoms with van der Waals surface area (Å²) >= 11 is 0. The third-order valence-electron chi connectivity index (χ3n) is 5.91. The largest absolute Gasteiger partial charge is 0.454 e. The molecule has 1 saturated heterocycles. The minimum Gasteiger partial charge on any atom is -0.454 e. The molecule has 4 rings (SSSR count). The number of guanidine groups is 1. The highest BCUT2D eigenvalue weighted by molar-refractivity contribution is 14.0. The van der Waals surface area contributed by atoms with E-state index in [4.69, 9.17) is 19.2 Å². The molecule has 1 aliphatic carbocycles. The molecule has 1 aromatic carbocycles. The summed E-state index contributed by atoms with van der Waals surface area (Å²) in [6, 6.07) is 6.52. The molecule has 1 saturated carbocycles. The van der Waals surface area contributed by atoms with E-state index in [-0.39, 0.29) is 29.4 Å². The highest BCUT2D eigenvalue weighted by atomic mass is 127. The van der Waals surface area contributed by atoms with Gasteiger partial charge in [-0.15, -0.1) is 24.0 Å². The maximum Gasteiger partial charge on any atom is 0.231 e. The van der Waals surface area contributed by atoms with Crippen molar-refractivity contribution in [2.75, 3.05) is 27.0 Å². The third kappa shape index (κ3) is 3.72. The van der Waals surface area contributed by atoms with Crippen molar-refractivity contribution in [1.82, 2.24) is 10.2 Å². The van der Waals surface area contributed by atoms with Crippen LogP contribution in [0.2, 0.25) is 0 Å². The number of halogens is 1. The first-order valence-electron chi connectivity index (χ1n) is 9.53. The second kappa shape index (κ2) is 8.03. The molecule has 7 heteroatoms. The van der Waals surface area contributed by atoms with Crippen molar-refractivity contribution in [3.63, 3.8) is 0 Å². The first-order chi connectivity index (χ1) is 12.5. The van der Waals surface area contributed by atoms with Crippen molar-refractivity contribution in [3.05, 3.63) is 23.8 Å². The zero-order valence-corrected chi connectivity index (χ0v) is 18.9. The van der Waals surface area contributed by atoms with Crippen LogP contribution in [-0.2, 0) is 11.3 Å². The lowest BCUT2D eigenvalue weighted by Gasteiger charge is -2.55. The molecule has 3 atom stereocenters. The summed E-state index contributed by atoms with van der Waals surface area (Å²) in [5, 5.41) is 3.73. The standard InChI is InChI=1S/C20H29N3O3.HI/c1-5-21-19(22-17-14-8-9-24-18(14)20(17,2)3)23(4)11-13-6-7-15-16(10-13)26-12-25-15;/h6-7,10,14,17-18H,5,8-9,11-12H2,1-4H3,(H,21,22);1H. The lowest BCUT2D eigenvalue weighted by atomic mass is 9.57. The van der Waals surface area contributed by atoms with Crippen molar-refractivity contribution in [2.24, 2.45) is 16.3 Å². The van der Waals surface area contributed by atoms with E-state index in [1.54, 1.807) is 0 Å². The fraction of sp³-hybridized carbons (Fsp3) is 0.650. The Balaban J connectivity index is 0.00000210. The lowest BCUT2D eigenvalue weighted by molar-refractivity contribution is -0.107. The molecule has 0 amide bonds. The van der Waals surface area contributed by atoms with E-state index >= 15 is 0 Å². The van der Waals surface area contributed by atoms with E-state index in [2.05, 4.69) is 50.2 Å². The molecular weight excluding hydrogens is 457 g/mol. The Morgan fingerprint density at radius 1 is 1.30 bits per heavy atom. The summed E-state index contributed by atoms with van der Waals surface area (Å²) in [4.78, 5) is 6.91. The van der Waals surface area contributed by atoms with E-state index in [1.165, 1.54) is 5.56 Å². The molecule has 2 aliphatic heterocycles. The van der Waals surface area contributed by atoms with Crippen molar-refractivity contribution < 1.29 is 14.2 Å². The summed E-state index contributed by atoms with van der Waals surface area (Å²) in [5.41, 5.74) is 1.31. The Morgan fingerprint density at radius 2 is 2.07 bits per heavy atom. The van der Waals surface area contributed by atoms with Crippen molar-refractivity contribution in [1.29, 1.82) is 0 Å². The van der Waals surface area contributed by atoms with Crippen LogP contribution in [0, 0.1) is 11.3 Å². The Labute approximate surface area is 178 Å². The average Bonchev–Trinajstić information content (AvgIpc) is 3.25. The molecule has 27 heavy (non-hydrogen) atoms. The highest BCUT2D eigenvalue weighted by Gasteiger charge is 2.59. The average molecular weight is 487 g/mol. The van der Waals surface area contributed by atoms with Gasteiger partial charge >= 0.3 is 0 Å². The van der Waals surface area contributed by atoms with Gasteiger partial charge in [0.15, 0.2) is 17.5 Å². The van der Waals surface area contributed by atoms with Crippen LogP contribution >= 0.6 is 24.0 Å². The number of hydrogen-bond donors (Lipinski definition) is 1. The van der Waals surface area contributed by atoms with Crippen LogP contribution in [0.1, 0.15) is 32.8 Å². The van der Waals surface area contributed by atoms with Crippen molar-refractivity contribution >= 4 is 29.9 Å². The first-order valence-corrected chi connectivity index (χ1v) is 9.53. The van der Waals surface area contributed by atoms with Crippen LogP contribution in [0.25, 0.3) is 0 Å². The van der Waals surface area contributed by atoms with E-state index in [1.807, 2.05) is 6.07 Å². The topological polar surface area (TPSA) is 55.3 Å². The molecule has 6 nitrogen and oxygen atoms in total. The van der Waals surface area contributed by atoms with Gasteiger partial charge in [0.05, 0.1) is 6.10 Å². The van der Waals surface area contributed by atoms with Crippen LogP contribution < -0.4 is 14.8 Å². The molecule has 1 aromatic rings. The van der Waals surface area contributed by atoms with Gasteiger partial charge in [-0.25, -0.2) is 0 Å². The van der Waals surface area contributed by atoms with Crippen LogP contribution in [0.15, 0.2) is 23.2 Å². The monoisotopic (exact) mass is 487 g/mol. The second-order valence-corrected chi connectivity index (χ2v) is 8.03. The smallest absolute Gasteiger partial charge is 0.231 e. The van der Waals surface area contributed by atoms with E-state index in [0.717, 1.165) is 43.6 Å². The molecule has 0 spiro atoms. The molecule has 2 heterocycles. The number of nitrogens with one attached hydrogen (secondary N) is 1. The number of rotatable bonds is 4. The van der Waals surface area contributed by atoms with Gasteiger partial charge in [-0.05, 0) is 31.0 Å². The van der Waals surface area contributed by atoms with Crippen LogP contribution in [0.3, 0.4) is 0 Å². The maximum absolute atomic E-state index is 5.92. The first kappa shape index (κ1) is 20.5. The van der Waals surface area contributed by atoms with Crippen LogP contribution in [0.4, 0.5) is 0 Å². The van der Waals surface area contributed by atoms with Crippen molar-refractivity contribution in [2.45, 2.75) is 45.9 Å². The summed E-state index contributed by atoms with van der Waals surface area (Å²) < 4.78 is 16.8. The molecule has 0 aromatic heterocycles. The highest BCUT2D eigenvalue weighted by Crippen LogP contribution is 2.52. The van der Waals surface area contributed by atoms with Gasteiger partial charge in [-0.3, -0.25) is 4.99 Å². The minimum atomic E-state index is 0. The molecule has 0 bridgehead atoms. The number of hydrogen-bond acceptors (Lipinski definition) is 4. The summed E-state index contributed by atoms with van der Waals surface area (Å²) in [5.74, 6) is 3.18. The summed E-state index contributed by atoms with van der Waals surface area (Å²) in [6.07, 6.45) is 1.51. The molecule has 150 valence electrons. The van der Waals surface area contributed by atoms with E-state index < -0.39 is 0 Å². The zero-order chi connectivity index (χ0) is 18.3. The number of benzene rings is 1. The molecular formula is C20H30IN3O3. The predicted molar refractivity (Wildman–Crippen MR) is 116 cm³/mol. The Kier molecular flexibility index (Phi) is 6.10.